The summed E-state index contributed by atoms with van der Waals surface area (Å²) in [6.07, 6.45) is 4.36. The Morgan fingerprint density at radius 1 is 1.26 bits per heavy atom. The molecule has 1 aromatic carbocycles. The number of carbonyl (C=O) groups is 1. The van der Waals surface area contributed by atoms with Crippen molar-refractivity contribution < 1.29 is 14.3 Å². The summed E-state index contributed by atoms with van der Waals surface area (Å²) in [5.74, 6) is -0.158. The SMILES string of the molecule is COc1ccc(C(CCN2CCCCC2)C(=O)OC(=N)N)cc1. The molecule has 0 radical (unpaired) electrons. The van der Waals surface area contributed by atoms with Crippen molar-refractivity contribution >= 4 is 12.0 Å². The van der Waals surface area contributed by atoms with Gasteiger partial charge in [-0.3, -0.25) is 10.2 Å². The van der Waals surface area contributed by atoms with Gasteiger partial charge in [0.25, 0.3) is 6.02 Å². The van der Waals surface area contributed by atoms with Crippen LogP contribution in [0, 0.1) is 5.41 Å². The van der Waals surface area contributed by atoms with E-state index in [4.69, 9.17) is 20.6 Å². The Hall–Kier alpha value is -2.08. The quantitative estimate of drug-likeness (QED) is 0.476. The number of hydrogen-bond donors (Lipinski definition) is 2. The van der Waals surface area contributed by atoms with Gasteiger partial charge in [0.1, 0.15) is 5.75 Å². The normalized spacial score (nSPS) is 16.6. The van der Waals surface area contributed by atoms with Crippen LogP contribution in [0.15, 0.2) is 24.3 Å². The Balaban J connectivity index is 2.06. The molecule has 1 saturated heterocycles. The minimum Gasteiger partial charge on any atom is -0.497 e. The van der Waals surface area contributed by atoms with Crippen LogP contribution in [-0.2, 0) is 9.53 Å². The van der Waals surface area contributed by atoms with Gasteiger partial charge in [-0.05, 0) is 56.6 Å². The lowest BCUT2D eigenvalue weighted by Crippen LogP contribution is -2.33. The largest absolute Gasteiger partial charge is 0.497 e. The number of hydrogen-bond acceptors (Lipinski definition) is 5. The van der Waals surface area contributed by atoms with Crippen LogP contribution in [0.25, 0.3) is 0 Å². The number of methoxy groups -OCH3 is 1. The lowest BCUT2D eigenvalue weighted by atomic mass is 9.95. The minimum absolute atomic E-state index is 0.424. The number of nitrogens with zero attached hydrogens (tertiary/aromatic N) is 1. The third kappa shape index (κ3) is 5.25. The van der Waals surface area contributed by atoms with Gasteiger partial charge in [0, 0.05) is 0 Å². The van der Waals surface area contributed by atoms with Gasteiger partial charge in [-0.1, -0.05) is 18.6 Å². The van der Waals surface area contributed by atoms with Crippen molar-refractivity contribution in [1.29, 1.82) is 5.41 Å². The van der Waals surface area contributed by atoms with Crippen molar-refractivity contribution in [3.8, 4) is 5.75 Å². The Morgan fingerprint density at radius 2 is 1.91 bits per heavy atom. The topological polar surface area (TPSA) is 88.6 Å². The summed E-state index contributed by atoms with van der Waals surface area (Å²) >= 11 is 0. The molecule has 23 heavy (non-hydrogen) atoms. The zero-order valence-electron chi connectivity index (χ0n) is 13.6. The first kappa shape index (κ1) is 17.3. The average molecular weight is 319 g/mol. The minimum atomic E-state index is -0.563. The van der Waals surface area contributed by atoms with Crippen molar-refractivity contribution in [2.24, 2.45) is 5.73 Å². The first-order valence-corrected chi connectivity index (χ1v) is 8.02. The molecule has 1 fully saturated rings. The lowest BCUT2D eigenvalue weighted by Gasteiger charge is -2.27. The molecule has 6 heteroatoms. The Kier molecular flexibility index (Phi) is 6.40. The van der Waals surface area contributed by atoms with Crippen LogP contribution >= 0.6 is 0 Å². The van der Waals surface area contributed by atoms with Gasteiger partial charge in [-0.15, -0.1) is 0 Å². The molecule has 0 spiro atoms. The first-order chi connectivity index (χ1) is 11.1. The summed E-state index contributed by atoms with van der Waals surface area (Å²) in [6.45, 7) is 3.00. The molecular formula is C17H25N3O3. The molecule has 0 amide bonds. The molecule has 126 valence electrons. The number of rotatable bonds is 6. The van der Waals surface area contributed by atoms with Crippen LogP contribution in [0.1, 0.15) is 37.2 Å². The molecule has 2 rings (SSSR count). The van der Waals surface area contributed by atoms with E-state index >= 15 is 0 Å². The Bertz CT molecular complexity index is 524. The highest BCUT2D eigenvalue weighted by molar-refractivity contribution is 5.88. The lowest BCUT2D eigenvalue weighted by molar-refractivity contribution is -0.137. The molecule has 6 nitrogen and oxygen atoms in total. The van der Waals surface area contributed by atoms with Gasteiger partial charge >= 0.3 is 5.97 Å². The summed E-state index contributed by atoms with van der Waals surface area (Å²) in [6, 6.07) is 6.81. The van der Waals surface area contributed by atoms with E-state index in [0.717, 1.165) is 30.9 Å². The molecular weight excluding hydrogens is 294 g/mol. The van der Waals surface area contributed by atoms with E-state index in [0.29, 0.717) is 6.42 Å². The summed E-state index contributed by atoms with van der Waals surface area (Å²) in [4.78, 5) is 14.7. The number of nitrogens with one attached hydrogen (secondary N) is 1. The molecule has 1 heterocycles. The Labute approximate surface area is 137 Å². The number of esters is 1. The maximum Gasteiger partial charge on any atom is 0.321 e. The van der Waals surface area contributed by atoms with Crippen molar-refractivity contribution in [2.75, 3.05) is 26.7 Å². The number of amidine groups is 1. The van der Waals surface area contributed by atoms with E-state index in [-0.39, 0.29) is 0 Å². The van der Waals surface area contributed by atoms with Crippen LogP contribution in [0.5, 0.6) is 5.75 Å². The number of nitrogens with two attached hydrogens (primary N) is 1. The summed E-state index contributed by atoms with van der Waals surface area (Å²) < 4.78 is 9.99. The van der Waals surface area contributed by atoms with E-state index in [1.54, 1.807) is 7.11 Å². The van der Waals surface area contributed by atoms with Gasteiger partial charge < -0.3 is 20.1 Å². The molecule has 0 bridgehead atoms. The highest BCUT2D eigenvalue weighted by atomic mass is 16.5. The monoisotopic (exact) mass is 319 g/mol. The number of carbonyl (C=O) groups excluding carboxylic acids is 1. The van der Waals surface area contributed by atoms with Crippen LogP contribution < -0.4 is 10.5 Å². The van der Waals surface area contributed by atoms with Crippen LogP contribution in [0.3, 0.4) is 0 Å². The van der Waals surface area contributed by atoms with Gasteiger partial charge in [-0.2, -0.15) is 0 Å². The highest BCUT2D eigenvalue weighted by Gasteiger charge is 2.24. The molecule has 1 aliphatic heterocycles. The predicted octanol–water partition coefficient (Wildman–Crippen LogP) is 2.09. The molecule has 0 aliphatic carbocycles. The van der Waals surface area contributed by atoms with Gasteiger partial charge in [-0.25, -0.2) is 0 Å². The van der Waals surface area contributed by atoms with E-state index in [1.807, 2.05) is 24.3 Å². The summed E-state index contributed by atoms with van der Waals surface area (Å²) in [7, 11) is 1.60. The van der Waals surface area contributed by atoms with Gasteiger partial charge in [0.15, 0.2) is 0 Å². The zero-order valence-corrected chi connectivity index (χ0v) is 13.6. The molecule has 1 aliphatic rings. The third-order valence-corrected chi connectivity index (χ3v) is 4.20. The van der Waals surface area contributed by atoms with Gasteiger partial charge in [0.2, 0.25) is 0 Å². The molecule has 3 N–H and O–H groups in total. The van der Waals surface area contributed by atoms with E-state index < -0.39 is 17.9 Å². The van der Waals surface area contributed by atoms with Crippen molar-refractivity contribution in [2.45, 2.75) is 31.6 Å². The standard InChI is InChI=1S/C17H25N3O3/c1-22-14-7-5-13(6-8-14)15(16(21)23-17(18)19)9-12-20-10-3-2-4-11-20/h5-8,15H,2-4,9-12H2,1H3,(H3,18,19). The molecule has 0 aromatic heterocycles. The molecule has 0 saturated carbocycles. The van der Waals surface area contributed by atoms with Gasteiger partial charge in [0.05, 0.1) is 13.0 Å². The van der Waals surface area contributed by atoms with Crippen molar-refractivity contribution in [3.63, 3.8) is 0 Å². The molecule has 1 aromatic rings. The zero-order chi connectivity index (χ0) is 16.7. The number of ether oxygens (including phenoxy) is 2. The fourth-order valence-electron chi connectivity index (χ4n) is 2.93. The van der Waals surface area contributed by atoms with Crippen LogP contribution in [0.4, 0.5) is 0 Å². The van der Waals surface area contributed by atoms with E-state index in [9.17, 15) is 4.79 Å². The summed E-state index contributed by atoms with van der Waals surface area (Å²) in [5, 5.41) is 7.18. The van der Waals surface area contributed by atoms with Crippen molar-refractivity contribution in [1.82, 2.24) is 4.90 Å². The second-order valence-electron chi connectivity index (χ2n) is 5.80. The summed E-state index contributed by atoms with van der Waals surface area (Å²) in [5.41, 5.74) is 6.06. The molecule has 1 atom stereocenters. The van der Waals surface area contributed by atoms with E-state index in [1.165, 1.54) is 19.3 Å². The smallest absolute Gasteiger partial charge is 0.321 e. The highest BCUT2D eigenvalue weighted by Crippen LogP contribution is 2.25. The van der Waals surface area contributed by atoms with E-state index in [2.05, 4.69) is 4.90 Å². The average Bonchev–Trinajstić information content (AvgIpc) is 2.56. The second kappa shape index (κ2) is 8.53. The maximum absolute atomic E-state index is 12.3. The number of likely N-dealkylation sites (tertiary alicyclic amines) is 1. The molecule has 1 unspecified atom stereocenters. The van der Waals surface area contributed by atoms with Crippen LogP contribution in [0.2, 0.25) is 0 Å². The number of piperidine rings is 1. The third-order valence-electron chi connectivity index (χ3n) is 4.20. The van der Waals surface area contributed by atoms with Crippen LogP contribution in [-0.4, -0.2) is 43.6 Å². The fourth-order valence-corrected chi connectivity index (χ4v) is 2.93. The number of benzene rings is 1. The fraction of sp³-hybridized carbons (Fsp3) is 0.529. The predicted molar refractivity (Wildman–Crippen MR) is 88.6 cm³/mol. The maximum atomic E-state index is 12.3. The van der Waals surface area contributed by atoms with Crippen molar-refractivity contribution in [3.05, 3.63) is 29.8 Å². The first-order valence-electron chi connectivity index (χ1n) is 8.02. The Morgan fingerprint density at radius 3 is 2.48 bits per heavy atom. The second-order valence-corrected chi connectivity index (χ2v) is 5.80.